The number of pyridine rings is 1. The summed E-state index contributed by atoms with van der Waals surface area (Å²) in [6.45, 7) is 1.91. The van der Waals surface area contributed by atoms with E-state index in [1.165, 1.54) is 11.8 Å². The summed E-state index contributed by atoms with van der Waals surface area (Å²) in [7, 11) is 0. The summed E-state index contributed by atoms with van der Waals surface area (Å²) in [5.74, 6) is 0.121. The molecule has 2 aromatic rings. The Morgan fingerprint density at radius 3 is 3.00 bits per heavy atom. The molecule has 1 aromatic carbocycles. The topological polar surface area (TPSA) is 68.0 Å². The number of nitrogen functional groups attached to an aromatic ring is 1. The summed E-state index contributed by atoms with van der Waals surface area (Å²) in [6, 6.07) is 8.91. The van der Waals surface area contributed by atoms with E-state index in [9.17, 15) is 4.79 Å². The van der Waals surface area contributed by atoms with Crippen LogP contribution < -0.4 is 11.1 Å². The third-order valence-corrected chi connectivity index (χ3v) is 4.02. The summed E-state index contributed by atoms with van der Waals surface area (Å²) in [6.07, 6.45) is 1.65. The maximum atomic E-state index is 11.9. The third-order valence-electron chi connectivity index (χ3n) is 2.60. The van der Waals surface area contributed by atoms with Gasteiger partial charge in [0.25, 0.3) is 0 Å². The Hall–Kier alpha value is -1.72. The average molecular weight is 308 g/mol. The Balaban J connectivity index is 1.96. The number of carbonyl (C=O) groups excluding carboxylic acids is 1. The number of rotatable bonds is 4. The summed E-state index contributed by atoms with van der Waals surface area (Å²) >= 11 is 7.28. The molecular weight excluding hydrogens is 294 g/mol. The molecular formula is C14H14ClN3OS. The monoisotopic (exact) mass is 307 g/mol. The first-order valence-corrected chi connectivity index (χ1v) is 7.32. The van der Waals surface area contributed by atoms with Crippen molar-refractivity contribution in [1.29, 1.82) is 0 Å². The Morgan fingerprint density at radius 2 is 2.25 bits per heavy atom. The number of nitrogens with two attached hydrogens (primary N) is 1. The summed E-state index contributed by atoms with van der Waals surface area (Å²) in [5, 5.41) is 4.02. The van der Waals surface area contributed by atoms with Crippen LogP contribution in [-0.2, 0) is 4.79 Å². The number of halogens is 1. The van der Waals surface area contributed by atoms with Gasteiger partial charge < -0.3 is 11.1 Å². The quantitative estimate of drug-likeness (QED) is 0.671. The first kappa shape index (κ1) is 14.7. The molecule has 1 amide bonds. The highest BCUT2D eigenvalue weighted by Gasteiger charge is 2.08. The molecule has 0 saturated heterocycles. The average Bonchev–Trinajstić information content (AvgIpc) is 2.42. The van der Waals surface area contributed by atoms with Crippen LogP contribution in [0.25, 0.3) is 0 Å². The lowest BCUT2D eigenvalue weighted by Gasteiger charge is -2.09. The first-order chi connectivity index (χ1) is 9.56. The van der Waals surface area contributed by atoms with Crippen molar-refractivity contribution < 1.29 is 4.79 Å². The van der Waals surface area contributed by atoms with Crippen LogP contribution in [0.2, 0.25) is 5.02 Å². The van der Waals surface area contributed by atoms with Gasteiger partial charge in [-0.25, -0.2) is 4.98 Å². The molecule has 3 N–H and O–H groups in total. The molecule has 0 aliphatic carbocycles. The summed E-state index contributed by atoms with van der Waals surface area (Å²) in [4.78, 5) is 16.0. The van der Waals surface area contributed by atoms with Gasteiger partial charge >= 0.3 is 0 Å². The van der Waals surface area contributed by atoms with Gasteiger partial charge in [0.2, 0.25) is 5.91 Å². The molecule has 0 bridgehead atoms. The van der Waals surface area contributed by atoms with E-state index in [4.69, 9.17) is 17.3 Å². The molecule has 0 fully saturated rings. The van der Waals surface area contributed by atoms with E-state index in [0.717, 1.165) is 11.3 Å². The highest BCUT2D eigenvalue weighted by atomic mass is 35.5. The fourth-order valence-corrected chi connectivity index (χ4v) is 2.54. The number of anilines is 2. The number of amides is 1. The highest BCUT2D eigenvalue weighted by molar-refractivity contribution is 8.00. The maximum Gasteiger partial charge on any atom is 0.234 e. The Bertz CT molecular complexity index is 634. The van der Waals surface area contributed by atoms with Gasteiger partial charge in [-0.1, -0.05) is 29.4 Å². The van der Waals surface area contributed by atoms with Crippen LogP contribution in [0.1, 0.15) is 5.56 Å². The molecule has 0 unspecified atom stereocenters. The predicted octanol–water partition coefficient (Wildman–Crippen LogP) is 3.36. The number of hydrogen-bond donors (Lipinski definition) is 2. The summed E-state index contributed by atoms with van der Waals surface area (Å²) in [5.41, 5.74) is 8.01. The van der Waals surface area contributed by atoms with Crippen molar-refractivity contribution in [3.63, 3.8) is 0 Å². The molecule has 0 aliphatic heterocycles. The van der Waals surface area contributed by atoms with E-state index in [0.29, 0.717) is 15.7 Å². The number of aromatic nitrogens is 1. The van der Waals surface area contributed by atoms with Crippen LogP contribution in [0, 0.1) is 6.92 Å². The number of hydrogen-bond acceptors (Lipinski definition) is 4. The largest absolute Gasteiger partial charge is 0.399 e. The van der Waals surface area contributed by atoms with Crippen LogP contribution in [0.3, 0.4) is 0 Å². The van der Waals surface area contributed by atoms with Crippen molar-refractivity contribution in [3.8, 4) is 0 Å². The third kappa shape index (κ3) is 3.88. The zero-order chi connectivity index (χ0) is 14.5. The van der Waals surface area contributed by atoms with Crippen molar-refractivity contribution in [2.45, 2.75) is 11.9 Å². The molecule has 0 aliphatic rings. The van der Waals surface area contributed by atoms with Crippen LogP contribution in [-0.4, -0.2) is 16.6 Å². The normalized spacial score (nSPS) is 10.3. The molecule has 0 atom stereocenters. The fourth-order valence-electron chi connectivity index (χ4n) is 1.57. The second-order valence-electron chi connectivity index (χ2n) is 4.20. The lowest BCUT2D eigenvalue weighted by Crippen LogP contribution is -2.15. The molecule has 4 nitrogen and oxygen atoms in total. The van der Waals surface area contributed by atoms with Crippen molar-refractivity contribution in [1.82, 2.24) is 4.98 Å². The van der Waals surface area contributed by atoms with E-state index in [-0.39, 0.29) is 11.7 Å². The molecule has 0 radical (unpaired) electrons. The molecule has 1 heterocycles. The number of nitrogens with one attached hydrogen (secondary N) is 1. The van der Waals surface area contributed by atoms with Gasteiger partial charge in [0, 0.05) is 17.6 Å². The Kier molecular flexibility index (Phi) is 4.87. The van der Waals surface area contributed by atoms with E-state index >= 15 is 0 Å². The molecule has 104 valence electrons. The minimum Gasteiger partial charge on any atom is -0.399 e. The second-order valence-corrected chi connectivity index (χ2v) is 5.57. The zero-order valence-electron chi connectivity index (χ0n) is 10.9. The molecule has 6 heteroatoms. The highest BCUT2D eigenvalue weighted by Crippen LogP contribution is 2.24. The van der Waals surface area contributed by atoms with E-state index in [1.54, 1.807) is 30.5 Å². The van der Waals surface area contributed by atoms with Crippen molar-refractivity contribution >= 4 is 40.6 Å². The van der Waals surface area contributed by atoms with E-state index in [1.807, 2.05) is 13.0 Å². The molecule has 1 aromatic heterocycles. The SMILES string of the molecule is Cc1ccc(N)cc1NC(=O)CSc1ncccc1Cl. The standard InChI is InChI=1S/C14H14ClN3OS/c1-9-4-5-10(16)7-12(9)18-13(19)8-20-14-11(15)3-2-6-17-14/h2-7H,8,16H2,1H3,(H,18,19). The van der Waals surface area contributed by atoms with Gasteiger partial charge in [0.1, 0.15) is 5.03 Å². The maximum absolute atomic E-state index is 11.9. The van der Waals surface area contributed by atoms with Crippen LogP contribution in [0.5, 0.6) is 0 Å². The van der Waals surface area contributed by atoms with Crippen LogP contribution in [0.15, 0.2) is 41.6 Å². The van der Waals surface area contributed by atoms with E-state index < -0.39 is 0 Å². The van der Waals surface area contributed by atoms with Crippen LogP contribution in [0.4, 0.5) is 11.4 Å². The molecule has 0 saturated carbocycles. The number of carbonyl (C=O) groups is 1. The van der Waals surface area contributed by atoms with Crippen molar-refractivity contribution in [3.05, 3.63) is 47.1 Å². The zero-order valence-corrected chi connectivity index (χ0v) is 12.5. The number of benzene rings is 1. The molecule has 0 spiro atoms. The molecule has 20 heavy (non-hydrogen) atoms. The lowest BCUT2D eigenvalue weighted by molar-refractivity contribution is -0.113. The van der Waals surface area contributed by atoms with Gasteiger partial charge in [-0.05, 0) is 36.8 Å². The van der Waals surface area contributed by atoms with Gasteiger partial charge in [0.15, 0.2) is 0 Å². The number of thioether (sulfide) groups is 1. The van der Waals surface area contributed by atoms with Gasteiger partial charge in [0.05, 0.1) is 10.8 Å². The Labute approximate surface area is 126 Å². The predicted molar refractivity (Wildman–Crippen MR) is 84.2 cm³/mol. The minimum atomic E-state index is -0.120. The fraction of sp³-hybridized carbons (Fsp3) is 0.143. The smallest absolute Gasteiger partial charge is 0.234 e. The van der Waals surface area contributed by atoms with Gasteiger partial charge in [-0.2, -0.15) is 0 Å². The van der Waals surface area contributed by atoms with Crippen LogP contribution >= 0.6 is 23.4 Å². The number of nitrogens with zero attached hydrogens (tertiary/aromatic N) is 1. The second kappa shape index (κ2) is 6.63. The van der Waals surface area contributed by atoms with E-state index in [2.05, 4.69) is 10.3 Å². The molecule has 2 rings (SSSR count). The van der Waals surface area contributed by atoms with Gasteiger partial charge in [-0.15, -0.1) is 0 Å². The minimum absolute atomic E-state index is 0.120. The lowest BCUT2D eigenvalue weighted by atomic mass is 10.2. The van der Waals surface area contributed by atoms with Crippen molar-refractivity contribution in [2.24, 2.45) is 0 Å². The Morgan fingerprint density at radius 1 is 1.45 bits per heavy atom. The summed E-state index contributed by atoms with van der Waals surface area (Å²) < 4.78 is 0. The van der Waals surface area contributed by atoms with Crippen molar-refractivity contribution in [2.75, 3.05) is 16.8 Å². The first-order valence-electron chi connectivity index (χ1n) is 5.95. The number of aryl methyl sites for hydroxylation is 1. The van der Waals surface area contributed by atoms with Gasteiger partial charge in [-0.3, -0.25) is 4.79 Å².